The first kappa shape index (κ1) is 14.0. The van der Waals surface area contributed by atoms with Crippen molar-refractivity contribution in [3.05, 3.63) is 30.5 Å². The van der Waals surface area contributed by atoms with E-state index in [4.69, 9.17) is 4.74 Å². The third kappa shape index (κ3) is 2.60. The zero-order valence-corrected chi connectivity index (χ0v) is 12.8. The number of benzene rings is 1. The summed E-state index contributed by atoms with van der Waals surface area (Å²) in [7, 11) is 0. The van der Waals surface area contributed by atoms with Crippen molar-refractivity contribution in [3.8, 4) is 0 Å². The summed E-state index contributed by atoms with van der Waals surface area (Å²) in [4.78, 5) is 29.6. The Hall–Kier alpha value is -2.63. The van der Waals surface area contributed by atoms with Crippen LogP contribution in [0.1, 0.15) is 19.8 Å². The lowest BCUT2D eigenvalue weighted by molar-refractivity contribution is -0.117. The van der Waals surface area contributed by atoms with E-state index in [0.717, 1.165) is 29.3 Å². The monoisotopic (exact) mass is 311 g/mol. The molecule has 0 radical (unpaired) electrons. The van der Waals surface area contributed by atoms with Crippen LogP contribution in [0.25, 0.3) is 10.8 Å². The van der Waals surface area contributed by atoms with Crippen molar-refractivity contribution < 1.29 is 14.3 Å². The lowest BCUT2D eigenvalue weighted by atomic mass is 10.1. The number of hydrogen-bond acceptors (Lipinski definition) is 4. The predicted octanol–water partition coefficient (Wildman–Crippen LogP) is 2.93. The summed E-state index contributed by atoms with van der Waals surface area (Å²) >= 11 is 0. The van der Waals surface area contributed by atoms with Crippen molar-refractivity contribution in [2.24, 2.45) is 5.92 Å². The van der Waals surface area contributed by atoms with Gasteiger partial charge in [-0.2, -0.15) is 0 Å². The molecular formula is C17H17N3O3. The molecule has 2 heterocycles. The summed E-state index contributed by atoms with van der Waals surface area (Å²) in [5.74, 6) is 0.715. The summed E-state index contributed by atoms with van der Waals surface area (Å²) in [6, 6.07) is 7.58. The average Bonchev–Trinajstić information content (AvgIpc) is 3.33. The molecule has 2 fully saturated rings. The molecule has 1 saturated carbocycles. The van der Waals surface area contributed by atoms with E-state index >= 15 is 0 Å². The molecule has 1 aromatic heterocycles. The number of amides is 2. The van der Waals surface area contributed by atoms with Crippen LogP contribution in [0.5, 0.6) is 0 Å². The van der Waals surface area contributed by atoms with Crippen molar-refractivity contribution in [2.45, 2.75) is 25.8 Å². The Morgan fingerprint density at radius 1 is 1.30 bits per heavy atom. The van der Waals surface area contributed by atoms with Crippen LogP contribution in [0.2, 0.25) is 0 Å². The minimum Gasteiger partial charge on any atom is -0.447 e. The molecule has 6 nitrogen and oxygen atoms in total. The normalized spacial score (nSPS) is 20.7. The van der Waals surface area contributed by atoms with Gasteiger partial charge in [0, 0.05) is 23.2 Å². The number of cyclic esters (lactones) is 1. The van der Waals surface area contributed by atoms with E-state index in [9.17, 15) is 9.59 Å². The molecule has 2 aromatic rings. The van der Waals surface area contributed by atoms with Crippen LogP contribution in [0.4, 0.5) is 16.3 Å². The van der Waals surface area contributed by atoms with Crippen LogP contribution in [-0.2, 0) is 9.53 Å². The molecule has 2 amide bonds. The standard InChI is InChI=1S/C17H17N3O3/c1-10-9-23-17(22)20(10)14-5-4-12-8-18-15(7-13(12)6-14)19-16(21)11-2-3-11/h4-8,10-11H,2-3,9H2,1H3,(H,18,19,21)/t10-/m1/s1. The van der Waals surface area contributed by atoms with Gasteiger partial charge in [0.15, 0.2) is 0 Å². The molecule has 23 heavy (non-hydrogen) atoms. The molecule has 4 rings (SSSR count). The topological polar surface area (TPSA) is 71.5 Å². The van der Waals surface area contributed by atoms with Gasteiger partial charge in [-0.25, -0.2) is 9.78 Å². The fraction of sp³-hybridized carbons (Fsp3) is 0.353. The maximum absolute atomic E-state index is 11.9. The Morgan fingerprint density at radius 2 is 2.13 bits per heavy atom. The smallest absolute Gasteiger partial charge is 0.414 e. The third-order valence-corrected chi connectivity index (χ3v) is 4.27. The van der Waals surface area contributed by atoms with Gasteiger partial charge in [-0.15, -0.1) is 0 Å². The molecule has 1 aliphatic carbocycles. The highest BCUT2D eigenvalue weighted by atomic mass is 16.6. The molecule has 0 bridgehead atoms. The van der Waals surface area contributed by atoms with Crippen LogP contribution >= 0.6 is 0 Å². The summed E-state index contributed by atoms with van der Waals surface area (Å²) < 4.78 is 5.07. The molecule has 1 aliphatic heterocycles. The van der Waals surface area contributed by atoms with Gasteiger partial charge in [0.2, 0.25) is 5.91 Å². The van der Waals surface area contributed by atoms with E-state index in [1.54, 1.807) is 11.1 Å². The minimum atomic E-state index is -0.326. The second-order valence-electron chi connectivity index (χ2n) is 6.16. The van der Waals surface area contributed by atoms with Crippen LogP contribution in [0.3, 0.4) is 0 Å². The SMILES string of the molecule is C[C@@H]1COC(=O)N1c1ccc2cnc(NC(=O)C3CC3)cc2c1. The van der Waals surface area contributed by atoms with Crippen LogP contribution < -0.4 is 10.2 Å². The van der Waals surface area contributed by atoms with Gasteiger partial charge in [0.05, 0.1) is 6.04 Å². The molecule has 1 saturated heterocycles. The largest absolute Gasteiger partial charge is 0.447 e. The molecule has 0 unspecified atom stereocenters. The quantitative estimate of drug-likeness (QED) is 0.946. The van der Waals surface area contributed by atoms with Gasteiger partial charge in [0.1, 0.15) is 12.4 Å². The Kier molecular flexibility index (Phi) is 3.18. The highest BCUT2D eigenvalue weighted by Gasteiger charge is 2.31. The number of rotatable bonds is 3. The summed E-state index contributed by atoms with van der Waals surface area (Å²) in [5, 5.41) is 4.73. The van der Waals surface area contributed by atoms with Crippen molar-refractivity contribution in [1.29, 1.82) is 0 Å². The van der Waals surface area contributed by atoms with Gasteiger partial charge in [0.25, 0.3) is 0 Å². The van der Waals surface area contributed by atoms with E-state index in [2.05, 4.69) is 10.3 Å². The van der Waals surface area contributed by atoms with Crippen molar-refractivity contribution in [1.82, 2.24) is 4.98 Å². The van der Waals surface area contributed by atoms with E-state index in [1.807, 2.05) is 31.2 Å². The van der Waals surface area contributed by atoms with E-state index in [1.165, 1.54) is 0 Å². The van der Waals surface area contributed by atoms with Gasteiger partial charge in [-0.1, -0.05) is 6.07 Å². The summed E-state index contributed by atoms with van der Waals surface area (Å²) in [6.07, 6.45) is 3.32. The number of aromatic nitrogens is 1. The first-order valence-corrected chi connectivity index (χ1v) is 7.78. The average molecular weight is 311 g/mol. The molecule has 0 spiro atoms. The summed E-state index contributed by atoms with van der Waals surface area (Å²) in [5.41, 5.74) is 0.790. The first-order chi connectivity index (χ1) is 11.1. The van der Waals surface area contributed by atoms with Crippen molar-refractivity contribution >= 4 is 34.3 Å². The Balaban J connectivity index is 1.66. The Morgan fingerprint density at radius 3 is 2.83 bits per heavy atom. The fourth-order valence-electron chi connectivity index (χ4n) is 2.80. The highest BCUT2D eigenvalue weighted by molar-refractivity contribution is 5.97. The second kappa shape index (κ2) is 5.22. The maximum Gasteiger partial charge on any atom is 0.414 e. The molecule has 1 atom stereocenters. The maximum atomic E-state index is 11.9. The minimum absolute atomic E-state index is 0.0100. The van der Waals surface area contributed by atoms with Gasteiger partial charge in [-0.3, -0.25) is 9.69 Å². The number of nitrogens with zero attached hydrogens (tertiary/aromatic N) is 2. The zero-order valence-electron chi connectivity index (χ0n) is 12.8. The van der Waals surface area contributed by atoms with Crippen molar-refractivity contribution in [2.75, 3.05) is 16.8 Å². The molecule has 1 N–H and O–H groups in total. The van der Waals surface area contributed by atoms with E-state index in [0.29, 0.717) is 12.4 Å². The van der Waals surface area contributed by atoms with E-state index in [-0.39, 0.29) is 24.0 Å². The van der Waals surface area contributed by atoms with Gasteiger partial charge >= 0.3 is 6.09 Å². The number of anilines is 2. The highest BCUT2D eigenvalue weighted by Crippen LogP contribution is 2.31. The number of hydrogen-bond donors (Lipinski definition) is 1. The number of nitrogens with one attached hydrogen (secondary N) is 1. The third-order valence-electron chi connectivity index (χ3n) is 4.27. The van der Waals surface area contributed by atoms with Crippen LogP contribution in [-0.4, -0.2) is 29.6 Å². The molecule has 1 aromatic carbocycles. The van der Waals surface area contributed by atoms with Gasteiger partial charge < -0.3 is 10.1 Å². The number of carbonyl (C=O) groups excluding carboxylic acids is 2. The first-order valence-electron chi connectivity index (χ1n) is 7.78. The summed E-state index contributed by atoms with van der Waals surface area (Å²) in [6.45, 7) is 2.35. The molecular weight excluding hydrogens is 294 g/mol. The molecule has 6 heteroatoms. The van der Waals surface area contributed by atoms with Crippen LogP contribution in [0.15, 0.2) is 30.5 Å². The number of fused-ring (bicyclic) bond motifs is 1. The van der Waals surface area contributed by atoms with Gasteiger partial charge in [-0.05, 0) is 43.4 Å². The van der Waals surface area contributed by atoms with Crippen molar-refractivity contribution in [3.63, 3.8) is 0 Å². The number of ether oxygens (including phenoxy) is 1. The number of carbonyl (C=O) groups is 2. The second-order valence-corrected chi connectivity index (χ2v) is 6.16. The lowest BCUT2D eigenvalue weighted by Crippen LogP contribution is -2.30. The predicted molar refractivity (Wildman–Crippen MR) is 86.4 cm³/mol. The fourth-order valence-corrected chi connectivity index (χ4v) is 2.80. The number of pyridine rings is 1. The zero-order chi connectivity index (χ0) is 16.0. The Labute approximate surface area is 133 Å². The van der Waals surface area contributed by atoms with E-state index < -0.39 is 0 Å². The molecule has 2 aliphatic rings. The van der Waals surface area contributed by atoms with Crippen LogP contribution in [0, 0.1) is 5.92 Å². The lowest BCUT2D eigenvalue weighted by Gasteiger charge is -2.18. The Bertz CT molecular complexity index is 801. The molecule has 118 valence electrons.